The number of hydrogen-bond acceptors (Lipinski definition) is 6. The van der Waals surface area contributed by atoms with Crippen LogP contribution in [0.25, 0.3) is 0 Å². The normalized spacial score (nSPS) is 10.6. The van der Waals surface area contributed by atoms with Gasteiger partial charge in [0.05, 0.1) is 12.7 Å². The predicted octanol–water partition coefficient (Wildman–Crippen LogP) is -1.86. The molecule has 0 spiro atoms. The monoisotopic (exact) mass is 222 g/mol. The predicted molar refractivity (Wildman–Crippen MR) is 53.1 cm³/mol. The number of aromatic nitrogens is 6. The van der Waals surface area contributed by atoms with Crippen molar-refractivity contribution < 1.29 is 4.79 Å². The van der Waals surface area contributed by atoms with E-state index in [0.717, 1.165) is 0 Å². The Morgan fingerprint density at radius 2 is 2.25 bits per heavy atom. The molecule has 9 nitrogen and oxygen atoms in total. The van der Waals surface area contributed by atoms with Crippen molar-refractivity contribution in [2.75, 3.05) is 5.73 Å². The van der Waals surface area contributed by atoms with Crippen LogP contribution in [0.3, 0.4) is 0 Å². The fraction of sp³-hybridized carbons (Fsp3) is 0.286. The molecule has 0 atom stereocenters. The lowest BCUT2D eigenvalue weighted by atomic mass is 10.4. The molecule has 0 aromatic carbocycles. The van der Waals surface area contributed by atoms with Crippen molar-refractivity contribution in [3.8, 4) is 0 Å². The molecule has 0 aliphatic heterocycles. The number of carbonyl (C=O) groups is 1. The number of aryl methyl sites for hydroxylation is 1. The van der Waals surface area contributed by atoms with Gasteiger partial charge in [-0.05, 0) is 5.21 Å². The number of rotatable bonds is 3. The molecule has 2 heterocycles. The van der Waals surface area contributed by atoms with E-state index >= 15 is 0 Å². The minimum atomic E-state index is -0.664. The Morgan fingerprint density at radius 3 is 2.75 bits per heavy atom. The third-order valence-corrected chi connectivity index (χ3v) is 1.88. The first-order chi connectivity index (χ1) is 7.56. The van der Waals surface area contributed by atoms with Gasteiger partial charge in [-0.15, -0.1) is 10.2 Å². The van der Waals surface area contributed by atoms with E-state index in [4.69, 9.17) is 11.5 Å². The zero-order valence-corrected chi connectivity index (χ0v) is 8.53. The van der Waals surface area contributed by atoms with Crippen LogP contribution in [0, 0.1) is 0 Å². The minimum Gasteiger partial charge on any atom is -0.396 e. The van der Waals surface area contributed by atoms with Gasteiger partial charge in [0.2, 0.25) is 0 Å². The number of primary amides is 1. The highest BCUT2D eigenvalue weighted by Gasteiger charge is 2.12. The van der Waals surface area contributed by atoms with Crippen molar-refractivity contribution in [3.63, 3.8) is 0 Å². The maximum atomic E-state index is 10.9. The Balaban J connectivity index is 2.22. The van der Waals surface area contributed by atoms with Gasteiger partial charge in [0.25, 0.3) is 5.91 Å². The molecule has 0 saturated carbocycles. The van der Waals surface area contributed by atoms with Crippen LogP contribution in [0.4, 0.5) is 5.69 Å². The molecule has 0 radical (unpaired) electrons. The highest BCUT2D eigenvalue weighted by Crippen LogP contribution is 2.08. The van der Waals surface area contributed by atoms with Crippen LogP contribution >= 0.6 is 0 Å². The number of tetrazole rings is 1. The van der Waals surface area contributed by atoms with Crippen molar-refractivity contribution in [1.82, 2.24) is 30.0 Å². The van der Waals surface area contributed by atoms with Gasteiger partial charge in [-0.1, -0.05) is 0 Å². The van der Waals surface area contributed by atoms with Gasteiger partial charge in [0.1, 0.15) is 6.54 Å². The summed E-state index contributed by atoms with van der Waals surface area (Å²) in [4.78, 5) is 12.2. The van der Waals surface area contributed by atoms with E-state index in [9.17, 15) is 4.79 Å². The second-order valence-corrected chi connectivity index (χ2v) is 3.19. The Morgan fingerprint density at radius 1 is 1.50 bits per heavy atom. The quantitative estimate of drug-likeness (QED) is 0.625. The van der Waals surface area contributed by atoms with E-state index in [1.165, 1.54) is 15.7 Å². The molecule has 0 bridgehead atoms. The molecule has 2 aromatic heterocycles. The van der Waals surface area contributed by atoms with Crippen LogP contribution in [0.5, 0.6) is 0 Å². The summed E-state index contributed by atoms with van der Waals surface area (Å²) in [6.45, 7) is 0.283. The van der Waals surface area contributed by atoms with Crippen molar-refractivity contribution in [2.24, 2.45) is 12.8 Å². The van der Waals surface area contributed by atoms with E-state index in [-0.39, 0.29) is 17.9 Å². The summed E-state index contributed by atoms with van der Waals surface area (Å²) < 4.78 is 1.44. The van der Waals surface area contributed by atoms with Gasteiger partial charge in [0.15, 0.2) is 11.5 Å². The molecule has 0 fully saturated rings. The summed E-state index contributed by atoms with van der Waals surface area (Å²) in [6, 6.07) is 0. The van der Waals surface area contributed by atoms with Crippen molar-refractivity contribution >= 4 is 11.6 Å². The molecule has 4 N–H and O–H groups in total. The number of anilines is 1. The Kier molecular flexibility index (Phi) is 2.27. The zero-order valence-electron chi connectivity index (χ0n) is 8.53. The maximum Gasteiger partial charge on any atom is 0.271 e. The molecule has 9 heteroatoms. The number of hydrogen-bond donors (Lipinski definition) is 2. The molecular formula is C7H10N8O. The Bertz CT molecular complexity index is 526. The van der Waals surface area contributed by atoms with Gasteiger partial charge in [-0.3, -0.25) is 9.48 Å². The zero-order chi connectivity index (χ0) is 11.7. The van der Waals surface area contributed by atoms with Crippen LogP contribution in [0.15, 0.2) is 6.20 Å². The Hall–Kier alpha value is -2.45. The lowest BCUT2D eigenvalue weighted by molar-refractivity contribution is 0.0995. The van der Waals surface area contributed by atoms with Gasteiger partial charge in [-0.2, -0.15) is 9.90 Å². The fourth-order valence-electron chi connectivity index (χ4n) is 1.24. The SMILES string of the molecule is Cn1nnc(Cn2cc(N)c(C(N)=O)n2)n1. The highest BCUT2D eigenvalue weighted by atomic mass is 16.1. The molecule has 2 rings (SSSR count). The molecule has 0 aliphatic rings. The van der Waals surface area contributed by atoms with Crippen LogP contribution in [-0.4, -0.2) is 35.9 Å². The van der Waals surface area contributed by atoms with E-state index < -0.39 is 5.91 Å². The average Bonchev–Trinajstić information content (AvgIpc) is 2.73. The summed E-state index contributed by atoms with van der Waals surface area (Å²) >= 11 is 0. The van der Waals surface area contributed by atoms with Gasteiger partial charge in [-0.25, -0.2) is 0 Å². The summed E-state index contributed by atoms with van der Waals surface area (Å²) in [5.74, 6) is -0.190. The van der Waals surface area contributed by atoms with Gasteiger partial charge < -0.3 is 11.5 Å². The first-order valence-corrected chi connectivity index (χ1v) is 4.42. The highest BCUT2D eigenvalue weighted by molar-refractivity contribution is 5.95. The first-order valence-electron chi connectivity index (χ1n) is 4.42. The summed E-state index contributed by atoms with van der Waals surface area (Å²) in [5.41, 5.74) is 10.9. The van der Waals surface area contributed by atoms with E-state index in [0.29, 0.717) is 5.82 Å². The van der Waals surface area contributed by atoms with Crippen LogP contribution in [-0.2, 0) is 13.6 Å². The van der Waals surface area contributed by atoms with Gasteiger partial charge in [0, 0.05) is 6.20 Å². The summed E-state index contributed by atoms with van der Waals surface area (Å²) in [6.07, 6.45) is 1.50. The molecule has 0 saturated heterocycles. The van der Waals surface area contributed by atoms with E-state index in [1.807, 2.05) is 0 Å². The Labute approximate surface area is 90.0 Å². The third-order valence-electron chi connectivity index (χ3n) is 1.88. The minimum absolute atomic E-state index is 0.0453. The molecule has 1 amide bonds. The summed E-state index contributed by atoms with van der Waals surface area (Å²) in [5, 5.41) is 15.3. The number of amides is 1. The lowest BCUT2D eigenvalue weighted by Crippen LogP contribution is -2.14. The molecule has 0 aliphatic carbocycles. The van der Waals surface area contributed by atoms with Crippen molar-refractivity contribution in [1.29, 1.82) is 0 Å². The van der Waals surface area contributed by atoms with E-state index in [2.05, 4.69) is 20.5 Å². The molecular weight excluding hydrogens is 212 g/mol. The van der Waals surface area contributed by atoms with Crippen molar-refractivity contribution in [3.05, 3.63) is 17.7 Å². The maximum absolute atomic E-state index is 10.9. The molecule has 2 aromatic rings. The second-order valence-electron chi connectivity index (χ2n) is 3.19. The summed E-state index contributed by atoms with van der Waals surface area (Å²) in [7, 11) is 1.66. The number of nitrogens with zero attached hydrogens (tertiary/aromatic N) is 6. The number of carbonyl (C=O) groups excluding carboxylic acids is 1. The van der Waals surface area contributed by atoms with Crippen molar-refractivity contribution in [2.45, 2.75) is 6.54 Å². The molecule has 0 unspecified atom stereocenters. The number of nitrogens with two attached hydrogens (primary N) is 2. The second kappa shape index (κ2) is 3.61. The third kappa shape index (κ3) is 1.82. The van der Waals surface area contributed by atoms with E-state index in [1.54, 1.807) is 7.05 Å². The van der Waals surface area contributed by atoms with Crippen LogP contribution in [0.1, 0.15) is 16.3 Å². The standard InChI is InChI=1S/C7H10N8O/c1-14-11-5(10-13-14)3-15-2-4(8)6(12-15)7(9)16/h2H,3,8H2,1H3,(H2,9,16). The van der Waals surface area contributed by atoms with Crippen LogP contribution in [0.2, 0.25) is 0 Å². The molecule has 84 valence electrons. The average molecular weight is 222 g/mol. The largest absolute Gasteiger partial charge is 0.396 e. The van der Waals surface area contributed by atoms with Gasteiger partial charge >= 0.3 is 0 Å². The smallest absolute Gasteiger partial charge is 0.271 e. The topological polar surface area (TPSA) is 131 Å². The lowest BCUT2D eigenvalue weighted by Gasteiger charge is -1.93. The fourth-order valence-corrected chi connectivity index (χ4v) is 1.24. The van der Waals surface area contributed by atoms with Crippen LogP contribution < -0.4 is 11.5 Å². The number of nitrogen functional groups attached to an aromatic ring is 1. The molecule has 16 heavy (non-hydrogen) atoms. The first kappa shape index (κ1) is 10.1.